The van der Waals surface area contributed by atoms with Gasteiger partial charge >= 0.3 is 0 Å². The van der Waals surface area contributed by atoms with Crippen LogP contribution in [0.25, 0.3) is 0 Å². The normalized spacial score (nSPS) is 12.9. The summed E-state index contributed by atoms with van der Waals surface area (Å²) in [4.78, 5) is 12.3. The third-order valence-electron chi connectivity index (χ3n) is 4.61. The predicted octanol–water partition coefficient (Wildman–Crippen LogP) is 3.25. The maximum atomic E-state index is 13.0. The summed E-state index contributed by atoms with van der Waals surface area (Å²) in [6.07, 6.45) is 0. The van der Waals surface area contributed by atoms with Gasteiger partial charge in [-0.25, -0.2) is 12.8 Å². The molecule has 0 aliphatic rings. The Hall–Kier alpha value is -2.25. The Morgan fingerprint density at radius 1 is 1.07 bits per heavy atom. The Bertz CT molecular complexity index is 940. The minimum absolute atomic E-state index is 0.0581. The Balaban J connectivity index is 2.08. The molecule has 2 aromatic rings. The standard InChI is InChI=1S/C20H25FN2O3S/c1-13-10-15(3)19(11-14(13)2)16(4)22-20(24)12-23(5)27(25,26)18-8-6-17(21)7-9-18/h6-11,16H,12H2,1-5H3,(H,22,24)/t16-/m1/s1. The van der Waals surface area contributed by atoms with Crippen molar-refractivity contribution in [3.8, 4) is 0 Å². The van der Waals surface area contributed by atoms with Crippen molar-refractivity contribution in [1.29, 1.82) is 0 Å². The van der Waals surface area contributed by atoms with E-state index in [0.29, 0.717) is 0 Å². The summed E-state index contributed by atoms with van der Waals surface area (Å²) in [7, 11) is -2.54. The van der Waals surface area contributed by atoms with Crippen molar-refractivity contribution in [3.63, 3.8) is 0 Å². The number of aryl methyl sites for hydroxylation is 3. The first-order valence-corrected chi connectivity index (χ1v) is 10.1. The molecule has 146 valence electrons. The second-order valence-electron chi connectivity index (χ2n) is 6.80. The lowest BCUT2D eigenvalue weighted by atomic mass is 9.96. The largest absolute Gasteiger partial charge is 0.348 e. The van der Waals surface area contributed by atoms with Crippen LogP contribution >= 0.6 is 0 Å². The molecular weight excluding hydrogens is 367 g/mol. The summed E-state index contributed by atoms with van der Waals surface area (Å²) in [5, 5.41) is 2.84. The highest BCUT2D eigenvalue weighted by Gasteiger charge is 2.24. The lowest BCUT2D eigenvalue weighted by molar-refractivity contribution is -0.121. The van der Waals surface area contributed by atoms with Crippen LogP contribution in [0.1, 0.15) is 35.2 Å². The number of nitrogens with zero attached hydrogens (tertiary/aromatic N) is 1. The van der Waals surface area contributed by atoms with E-state index >= 15 is 0 Å². The highest BCUT2D eigenvalue weighted by Crippen LogP contribution is 2.22. The predicted molar refractivity (Wildman–Crippen MR) is 103 cm³/mol. The molecule has 0 aromatic heterocycles. The maximum absolute atomic E-state index is 13.0. The number of hydrogen-bond donors (Lipinski definition) is 1. The number of likely N-dealkylation sites (N-methyl/N-ethyl adjacent to an activating group) is 1. The van der Waals surface area contributed by atoms with Crippen LogP contribution < -0.4 is 5.32 Å². The molecule has 0 unspecified atom stereocenters. The fourth-order valence-electron chi connectivity index (χ4n) is 2.89. The Morgan fingerprint density at radius 3 is 2.22 bits per heavy atom. The second-order valence-corrected chi connectivity index (χ2v) is 8.84. The smallest absolute Gasteiger partial charge is 0.243 e. The summed E-state index contributed by atoms with van der Waals surface area (Å²) >= 11 is 0. The molecular formula is C20H25FN2O3S. The first kappa shape index (κ1) is 21.1. The number of halogens is 1. The molecule has 2 aromatic carbocycles. The molecule has 0 fully saturated rings. The van der Waals surface area contributed by atoms with E-state index in [1.165, 1.54) is 24.7 Å². The summed E-state index contributed by atoms with van der Waals surface area (Å²) < 4.78 is 38.9. The molecule has 1 N–H and O–H groups in total. The van der Waals surface area contributed by atoms with E-state index < -0.39 is 21.7 Å². The summed E-state index contributed by atoms with van der Waals surface area (Å²) in [5.74, 6) is -0.930. The van der Waals surface area contributed by atoms with Gasteiger partial charge in [0.05, 0.1) is 17.5 Å². The average molecular weight is 392 g/mol. The van der Waals surface area contributed by atoms with Gasteiger partial charge in [-0.2, -0.15) is 4.31 Å². The monoisotopic (exact) mass is 392 g/mol. The molecule has 0 aliphatic carbocycles. The van der Waals surface area contributed by atoms with Crippen LogP contribution in [0.2, 0.25) is 0 Å². The molecule has 0 saturated heterocycles. The van der Waals surface area contributed by atoms with Crippen LogP contribution in [-0.2, 0) is 14.8 Å². The number of amides is 1. The fourth-order valence-corrected chi connectivity index (χ4v) is 4.02. The zero-order valence-electron chi connectivity index (χ0n) is 16.2. The lowest BCUT2D eigenvalue weighted by Crippen LogP contribution is -2.39. The van der Waals surface area contributed by atoms with Crippen molar-refractivity contribution >= 4 is 15.9 Å². The summed E-state index contributed by atoms with van der Waals surface area (Å²) in [6.45, 7) is 7.56. The van der Waals surface area contributed by atoms with Gasteiger partial charge < -0.3 is 5.32 Å². The van der Waals surface area contributed by atoms with Gasteiger partial charge in [-0.1, -0.05) is 12.1 Å². The fraction of sp³-hybridized carbons (Fsp3) is 0.350. The average Bonchev–Trinajstić information content (AvgIpc) is 2.58. The van der Waals surface area contributed by atoms with Gasteiger partial charge in [0.15, 0.2) is 0 Å². The molecule has 27 heavy (non-hydrogen) atoms. The highest BCUT2D eigenvalue weighted by atomic mass is 32.2. The second kappa shape index (κ2) is 8.19. The van der Waals surface area contributed by atoms with Crippen LogP contribution in [0, 0.1) is 26.6 Å². The van der Waals surface area contributed by atoms with Crippen molar-refractivity contribution in [2.75, 3.05) is 13.6 Å². The molecule has 0 saturated carbocycles. The Kier molecular flexibility index (Phi) is 6.38. The van der Waals surface area contributed by atoms with E-state index in [1.807, 2.05) is 33.8 Å². The number of nitrogens with one attached hydrogen (secondary N) is 1. The van der Waals surface area contributed by atoms with Gasteiger partial charge in [0.25, 0.3) is 0 Å². The molecule has 5 nitrogen and oxygen atoms in total. The van der Waals surface area contributed by atoms with Crippen molar-refractivity contribution < 1.29 is 17.6 Å². The maximum Gasteiger partial charge on any atom is 0.243 e. The molecule has 7 heteroatoms. The quantitative estimate of drug-likeness (QED) is 0.821. The first-order chi connectivity index (χ1) is 12.5. The van der Waals surface area contributed by atoms with E-state index in [4.69, 9.17) is 0 Å². The van der Waals surface area contributed by atoms with Gasteiger partial charge in [0.2, 0.25) is 15.9 Å². The molecule has 0 spiro atoms. The van der Waals surface area contributed by atoms with Crippen LogP contribution in [0.15, 0.2) is 41.3 Å². The Labute approximate surface area is 160 Å². The molecule has 0 aliphatic heterocycles. The highest BCUT2D eigenvalue weighted by molar-refractivity contribution is 7.89. The Morgan fingerprint density at radius 2 is 1.63 bits per heavy atom. The third kappa shape index (κ3) is 4.93. The summed E-state index contributed by atoms with van der Waals surface area (Å²) in [6, 6.07) is 8.36. The topological polar surface area (TPSA) is 66.5 Å². The van der Waals surface area contributed by atoms with E-state index in [1.54, 1.807) is 0 Å². The minimum Gasteiger partial charge on any atom is -0.348 e. The molecule has 1 amide bonds. The summed E-state index contributed by atoms with van der Waals surface area (Å²) in [5.41, 5.74) is 4.38. The zero-order chi connectivity index (χ0) is 20.4. The lowest BCUT2D eigenvalue weighted by Gasteiger charge is -2.21. The van der Waals surface area contributed by atoms with E-state index in [0.717, 1.165) is 33.1 Å². The van der Waals surface area contributed by atoms with Crippen molar-refractivity contribution in [2.24, 2.45) is 0 Å². The van der Waals surface area contributed by atoms with Crippen LogP contribution in [0.5, 0.6) is 0 Å². The van der Waals surface area contributed by atoms with Crippen molar-refractivity contribution in [2.45, 2.75) is 38.6 Å². The molecule has 0 bridgehead atoms. The number of carbonyl (C=O) groups is 1. The molecule has 2 rings (SSSR count). The van der Waals surface area contributed by atoms with E-state index in [9.17, 15) is 17.6 Å². The van der Waals surface area contributed by atoms with Crippen molar-refractivity contribution in [3.05, 3.63) is 64.5 Å². The number of rotatable bonds is 6. The molecule has 0 heterocycles. The van der Waals surface area contributed by atoms with Gasteiger partial charge in [-0.05, 0) is 74.2 Å². The van der Waals surface area contributed by atoms with E-state index in [-0.39, 0.29) is 17.5 Å². The number of hydrogen-bond acceptors (Lipinski definition) is 3. The molecule has 0 radical (unpaired) electrons. The van der Waals surface area contributed by atoms with Gasteiger partial charge in [0, 0.05) is 7.05 Å². The van der Waals surface area contributed by atoms with Gasteiger partial charge in [0.1, 0.15) is 5.82 Å². The zero-order valence-corrected chi connectivity index (χ0v) is 17.0. The van der Waals surface area contributed by atoms with Crippen LogP contribution in [0.3, 0.4) is 0 Å². The van der Waals surface area contributed by atoms with Crippen LogP contribution in [0.4, 0.5) is 4.39 Å². The van der Waals surface area contributed by atoms with E-state index in [2.05, 4.69) is 11.4 Å². The molecule has 1 atom stereocenters. The number of sulfonamides is 1. The van der Waals surface area contributed by atoms with Crippen molar-refractivity contribution in [1.82, 2.24) is 9.62 Å². The number of benzene rings is 2. The number of carbonyl (C=O) groups excluding carboxylic acids is 1. The van der Waals surface area contributed by atoms with Gasteiger partial charge in [-0.15, -0.1) is 0 Å². The SMILES string of the molecule is Cc1cc(C)c([C@@H](C)NC(=O)CN(C)S(=O)(=O)c2ccc(F)cc2)cc1C. The van der Waals surface area contributed by atoms with Gasteiger partial charge in [-0.3, -0.25) is 4.79 Å². The minimum atomic E-state index is -3.87. The van der Waals surface area contributed by atoms with Crippen LogP contribution in [-0.4, -0.2) is 32.2 Å². The first-order valence-electron chi connectivity index (χ1n) is 8.61. The third-order valence-corrected chi connectivity index (χ3v) is 6.43.